The maximum Gasteiger partial charge on any atom is 0.277 e. The highest BCUT2D eigenvalue weighted by atomic mass is 79.9. The van der Waals surface area contributed by atoms with E-state index in [1.165, 1.54) is 0 Å². The number of H-pyrrole nitrogens is 1. The van der Waals surface area contributed by atoms with Crippen molar-refractivity contribution in [1.29, 1.82) is 0 Å². The van der Waals surface area contributed by atoms with Crippen molar-refractivity contribution in [2.45, 2.75) is 25.7 Å². The van der Waals surface area contributed by atoms with E-state index in [4.69, 9.17) is 0 Å². The van der Waals surface area contributed by atoms with E-state index >= 15 is 0 Å². The number of carbonyl (C=O) groups is 1. The molecule has 0 saturated heterocycles. The Morgan fingerprint density at radius 1 is 1.53 bits per heavy atom. The zero-order valence-electron chi connectivity index (χ0n) is 10.4. The second kappa shape index (κ2) is 4.77. The Labute approximate surface area is 119 Å². The van der Waals surface area contributed by atoms with E-state index in [1.54, 1.807) is 6.20 Å². The zero-order valence-corrected chi connectivity index (χ0v) is 12.0. The molecule has 1 amide bonds. The number of hydrogen-bond acceptors (Lipinski definition) is 3. The molecule has 19 heavy (non-hydrogen) atoms. The molecule has 0 aliphatic heterocycles. The first-order valence-corrected chi connectivity index (χ1v) is 6.93. The van der Waals surface area contributed by atoms with Crippen molar-refractivity contribution in [3.63, 3.8) is 0 Å². The van der Waals surface area contributed by atoms with Gasteiger partial charge in [-0.05, 0) is 47.8 Å². The zero-order chi connectivity index (χ0) is 13.4. The van der Waals surface area contributed by atoms with E-state index in [0.717, 1.165) is 29.9 Å². The van der Waals surface area contributed by atoms with Crippen molar-refractivity contribution in [2.75, 3.05) is 5.32 Å². The fourth-order valence-corrected chi connectivity index (χ4v) is 2.31. The Bertz CT molecular complexity index is 633. The molecule has 0 unspecified atom stereocenters. The number of aromatic nitrogens is 3. The summed E-state index contributed by atoms with van der Waals surface area (Å²) < 4.78 is 0.696. The average Bonchev–Trinajstić information content (AvgIpc) is 3.18. The number of hydrogen-bond donors (Lipinski definition) is 2. The molecule has 1 saturated carbocycles. The van der Waals surface area contributed by atoms with E-state index in [-0.39, 0.29) is 5.91 Å². The van der Waals surface area contributed by atoms with Crippen LogP contribution < -0.4 is 5.32 Å². The van der Waals surface area contributed by atoms with Crippen LogP contribution in [0.3, 0.4) is 0 Å². The molecule has 2 heterocycles. The smallest absolute Gasteiger partial charge is 0.277 e. The molecule has 1 fully saturated rings. The van der Waals surface area contributed by atoms with Gasteiger partial charge in [-0.2, -0.15) is 5.10 Å². The van der Waals surface area contributed by atoms with E-state index in [0.29, 0.717) is 16.1 Å². The number of anilines is 1. The maximum absolute atomic E-state index is 12.2. The van der Waals surface area contributed by atoms with Crippen molar-refractivity contribution in [3.8, 4) is 0 Å². The minimum atomic E-state index is -0.230. The Morgan fingerprint density at radius 2 is 2.32 bits per heavy atom. The van der Waals surface area contributed by atoms with Gasteiger partial charge in [0.2, 0.25) is 0 Å². The Hall–Kier alpha value is -1.69. The number of carbonyl (C=O) groups excluding carboxylic acids is 1. The first-order chi connectivity index (χ1) is 9.16. The molecule has 6 heteroatoms. The molecule has 1 aliphatic carbocycles. The molecule has 2 aromatic rings. The predicted octanol–water partition coefficient (Wildman–Crippen LogP) is 3.01. The highest BCUT2D eigenvalue weighted by Gasteiger charge is 2.28. The van der Waals surface area contributed by atoms with Gasteiger partial charge in [-0.3, -0.25) is 14.9 Å². The molecule has 0 bridgehead atoms. The van der Waals surface area contributed by atoms with E-state index < -0.39 is 0 Å². The highest BCUT2D eigenvalue weighted by molar-refractivity contribution is 9.10. The molecule has 0 radical (unpaired) electrons. The summed E-state index contributed by atoms with van der Waals surface area (Å²) in [6.07, 6.45) is 4.05. The van der Waals surface area contributed by atoms with Crippen molar-refractivity contribution < 1.29 is 4.79 Å². The van der Waals surface area contributed by atoms with Gasteiger partial charge < -0.3 is 5.32 Å². The summed E-state index contributed by atoms with van der Waals surface area (Å²) in [5.74, 6) is 0.256. The lowest BCUT2D eigenvalue weighted by Crippen LogP contribution is -2.14. The summed E-state index contributed by atoms with van der Waals surface area (Å²) in [6.45, 7) is 1.85. The average molecular weight is 321 g/mol. The van der Waals surface area contributed by atoms with Gasteiger partial charge in [0.05, 0.1) is 15.9 Å². The topological polar surface area (TPSA) is 70.7 Å². The first-order valence-electron chi connectivity index (χ1n) is 6.13. The third-order valence-corrected chi connectivity index (χ3v) is 4.11. The molecule has 5 nitrogen and oxygen atoms in total. The van der Waals surface area contributed by atoms with Crippen molar-refractivity contribution in [3.05, 3.63) is 39.9 Å². The number of aryl methyl sites for hydroxylation is 1. The minimum absolute atomic E-state index is 0.230. The SMILES string of the molecule is Cc1[nH]nc(C(=O)Nc2cccnc2C2CC2)c1Br. The van der Waals surface area contributed by atoms with Crippen LogP contribution in [0.25, 0.3) is 0 Å². The van der Waals surface area contributed by atoms with E-state index in [2.05, 4.69) is 36.4 Å². The van der Waals surface area contributed by atoms with Crippen LogP contribution in [0.1, 0.15) is 40.6 Å². The number of amides is 1. The number of rotatable bonds is 3. The molecule has 0 spiro atoms. The molecule has 3 rings (SSSR count). The summed E-state index contributed by atoms with van der Waals surface area (Å²) in [4.78, 5) is 16.6. The summed E-state index contributed by atoms with van der Waals surface area (Å²) in [6, 6.07) is 3.71. The Morgan fingerprint density at radius 3 is 2.95 bits per heavy atom. The summed E-state index contributed by atoms with van der Waals surface area (Å²) in [7, 11) is 0. The van der Waals surface area contributed by atoms with Gasteiger partial charge in [0.25, 0.3) is 5.91 Å². The minimum Gasteiger partial charge on any atom is -0.319 e. The summed E-state index contributed by atoms with van der Waals surface area (Å²) in [5, 5.41) is 9.67. The molecule has 0 aromatic carbocycles. The number of halogens is 1. The summed E-state index contributed by atoms with van der Waals surface area (Å²) in [5.41, 5.74) is 2.95. The van der Waals surface area contributed by atoms with Crippen LogP contribution >= 0.6 is 15.9 Å². The van der Waals surface area contributed by atoms with Gasteiger partial charge in [0.1, 0.15) is 0 Å². The van der Waals surface area contributed by atoms with Crippen LogP contribution in [0.2, 0.25) is 0 Å². The largest absolute Gasteiger partial charge is 0.319 e. The van der Waals surface area contributed by atoms with Crippen LogP contribution in [0, 0.1) is 6.92 Å². The molecule has 1 aliphatic rings. The lowest BCUT2D eigenvalue weighted by atomic mass is 10.2. The Balaban J connectivity index is 1.85. The molecule has 0 atom stereocenters. The van der Waals surface area contributed by atoms with Crippen molar-refractivity contribution in [1.82, 2.24) is 15.2 Å². The second-order valence-electron chi connectivity index (χ2n) is 4.68. The van der Waals surface area contributed by atoms with Crippen LogP contribution in [-0.2, 0) is 0 Å². The number of pyridine rings is 1. The van der Waals surface area contributed by atoms with Crippen molar-refractivity contribution in [2.24, 2.45) is 0 Å². The quantitative estimate of drug-likeness (QED) is 0.913. The lowest BCUT2D eigenvalue weighted by molar-refractivity contribution is 0.102. The molecule has 2 aromatic heterocycles. The van der Waals surface area contributed by atoms with Crippen LogP contribution in [-0.4, -0.2) is 21.1 Å². The predicted molar refractivity (Wildman–Crippen MR) is 75.2 cm³/mol. The molecular formula is C13H13BrN4O. The van der Waals surface area contributed by atoms with E-state index in [1.807, 2.05) is 19.1 Å². The highest BCUT2D eigenvalue weighted by Crippen LogP contribution is 2.42. The first kappa shape index (κ1) is 12.3. The molecular weight excluding hydrogens is 308 g/mol. The van der Waals surface area contributed by atoms with E-state index in [9.17, 15) is 4.79 Å². The normalized spacial score (nSPS) is 14.4. The maximum atomic E-state index is 12.2. The van der Waals surface area contributed by atoms with Gasteiger partial charge in [-0.25, -0.2) is 0 Å². The number of nitrogens with one attached hydrogen (secondary N) is 2. The van der Waals surface area contributed by atoms with Gasteiger partial charge in [0, 0.05) is 17.8 Å². The van der Waals surface area contributed by atoms with Crippen LogP contribution in [0.5, 0.6) is 0 Å². The molecule has 2 N–H and O–H groups in total. The standard InChI is InChI=1S/C13H13BrN4O/c1-7-10(14)12(18-17-7)13(19)16-9-3-2-6-15-11(9)8-4-5-8/h2-3,6,8H,4-5H2,1H3,(H,16,19)(H,17,18). The summed E-state index contributed by atoms with van der Waals surface area (Å²) >= 11 is 3.35. The second-order valence-corrected chi connectivity index (χ2v) is 5.47. The van der Waals surface area contributed by atoms with Gasteiger partial charge >= 0.3 is 0 Å². The van der Waals surface area contributed by atoms with Gasteiger partial charge in [-0.15, -0.1) is 0 Å². The lowest BCUT2D eigenvalue weighted by Gasteiger charge is -2.08. The third-order valence-electron chi connectivity index (χ3n) is 3.14. The van der Waals surface area contributed by atoms with Crippen LogP contribution in [0.4, 0.5) is 5.69 Å². The van der Waals surface area contributed by atoms with Crippen molar-refractivity contribution >= 4 is 27.5 Å². The third kappa shape index (κ3) is 2.40. The van der Waals surface area contributed by atoms with Crippen LogP contribution in [0.15, 0.2) is 22.8 Å². The Kier molecular flexibility index (Phi) is 3.10. The molecule has 98 valence electrons. The number of nitrogens with zero attached hydrogens (tertiary/aromatic N) is 2. The number of aromatic amines is 1. The fourth-order valence-electron chi connectivity index (χ4n) is 1.95. The fraction of sp³-hybridized carbons (Fsp3) is 0.308. The van der Waals surface area contributed by atoms with Gasteiger partial charge in [0.15, 0.2) is 5.69 Å². The monoisotopic (exact) mass is 320 g/mol. The van der Waals surface area contributed by atoms with Gasteiger partial charge in [-0.1, -0.05) is 0 Å².